The molecule has 0 spiro atoms. The highest BCUT2D eigenvalue weighted by Gasteiger charge is 2.35. The van der Waals surface area contributed by atoms with E-state index in [4.69, 9.17) is 9.15 Å². The Labute approximate surface area is 117 Å². The number of aliphatic hydroxyl groups is 1. The van der Waals surface area contributed by atoms with Gasteiger partial charge in [0.1, 0.15) is 5.75 Å². The number of hydrogen-bond donors (Lipinski definition) is 1. The van der Waals surface area contributed by atoms with Crippen molar-refractivity contribution < 1.29 is 14.3 Å². The number of aryl methyl sites for hydroxylation is 1. The van der Waals surface area contributed by atoms with Crippen LogP contribution in [0.1, 0.15) is 23.9 Å². The topological polar surface area (TPSA) is 71.6 Å². The van der Waals surface area contributed by atoms with Crippen LogP contribution in [-0.2, 0) is 0 Å². The molecule has 1 aromatic heterocycles. The maximum Gasteiger partial charge on any atom is 0.318 e. The predicted octanol–water partition coefficient (Wildman–Crippen LogP) is 1.70. The monoisotopic (exact) mass is 275 g/mol. The minimum atomic E-state index is -0.404. The van der Waals surface area contributed by atoms with E-state index in [2.05, 4.69) is 10.2 Å². The summed E-state index contributed by atoms with van der Waals surface area (Å²) in [5.74, 6) is 1.32. The molecule has 6 heteroatoms. The molecule has 0 bridgehead atoms. The van der Waals surface area contributed by atoms with Crippen LogP contribution in [0.25, 0.3) is 0 Å². The van der Waals surface area contributed by atoms with Crippen LogP contribution in [0.3, 0.4) is 0 Å². The van der Waals surface area contributed by atoms with Crippen molar-refractivity contribution in [3.63, 3.8) is 0 Å². The van der Waals surface area contributed by atoms with E-state index in [1.807, 2.05) is 29.2 Å². The second-order valence-electron chi connectivity index (χ2n) is 4.94. The maximum absolute atomic E-state index is 9.96. The summed E-state index contributed by atoms with van der Waals surface area (Å²) >= 11 is 0. The van der Waals surface area contributed by atoms with Gasteiger partial charge in [0.25, 0.3) is 0 Å². The number of aromatic nitrogens is 2. The molecule has 20 heavy (non-hydrogen) atoms. The first-order valence-corrected chi connectivity index (χ1v) is 6.56. The first-order chi connectivity index (χ1) is 9.67. The molecule has 1 N–H and O–H groups in total. The molecule has 1 aliphatic heterocycles. The van der Waals surface area contributed by atoms with Crippen molar-refractivity contribution in [1.29, 1.82) is 0 Å². The van der Waals surface area contributed by atoms with Gasteiger partial charge in [0, 0.05) is 13.5 Å². The lowest BCUT2D eigenvalue weighted by Gasteiger charge is -2.22. The fraction of sp³-hybridized carbons (Fsp3) is 0.429. The molecule has 1 fully saturated rings. The number of rotatable bonds is 3. The van der Waals surface area contributed by atoms with E-state index < -0.39 is 6.10 Å². The molecule has 6 nitrogen and oxygen atoms in total. The third kappa shape index (κ3) is 2.34. The number of β-amino-alcohol motifs (C(OH)–C–C–N with tert-alkyl or cyclic N) is 1. The Kier molecular flexibility index (Phi) is 3.31. The number of hydrogen-bond acceptors (Lipinski definition) is 6. The van der Waals surface area contributed by atoms with Gasteiger partial charge in [0.15, 0.2) is 0 Å². The molecule has 0 saturated carbocycles. The normalized spacial score (nSPS) is 22.2. The highest BCUT2D eigenvalue weighted by molar-refractivity contribution is 5.39. The first kappa shape index (κ1) is 12.9. The lowest BCUT2D eigenvalue weighted by molar-refractivity contribution is 0.194. The molecule has 0 radical (unpaired) electrons. The molecule has 0 aliphatic carbocycles. The number of ether oxygens (including phenoxy) is 1. The molecule has 3 rings (SSSR count). The summed E-state index contributed by atoms with van der Waals surface area (Å²) in [4.78, 5) is 1.94. The van der Waals surface area contributed by atoms with E-state index in [0.29, 0.717) is 24.9 Å². The SMILES string of the molecule is COc1cccc(C2CC(O)CN2c2nnc(C)o2)c1. The molecule has 2 heterocycles. The van der Waals surface area contributed by atoms with Gasteiger partial charge in [-0.15, -0.1) is 5.10 Å². The minimum absolute atomic E-state index is 0.0138. The largest absolute Gasteiger partial charge is 0.497 e. The standard InChI is InChI=1S/C14H17N3O3/c1-9-15-16-14(20-9)17-8-11(18)7-13(17)10-4-3-5-12(6-10)19-2/h3-6,11,13,18H,7-8H2,1-2H3. The quantitative estimate of drug-likeness (QED) is 0.919. The third-order valence-electron chi connectivity index (χ3n) is 3.52. The van der Waals surface area contributed by atoms with Crippen molar-refractivity contribution in [2.45, 2.75) is 25.5 Å². The Morgan fingerprint density at radius 3 is 2.95 bits per heavy atom. The molecular formula is C14H17N3O3. The Morgan fingerprint density at radius 2 is 2.25 bits per heavy atom. The molecule has 2 unspecified atom stereocenters. The summed E-state index contributed by atoms with van der Waals surface area (Å²) in [6.07, 6.45) is 0.229. The van der Waals surface area contributed by atoms with Gasteiger partial charge in [-0.3, -0.25) is 0 Å². The lowest BCUT2D eigenvalue weighted by Crippen LogP contribution is -2.24. The van der Waals surface area contributed by atoms with Gasteiger partial charge in [-0.1, -0.05) is 17.2 Å². The van der Waals surface area contributed by atoms with Crippen LogP contribution < -0.4 is 9.64 Å². The van der Waals surface area contributed by atoms with Crippen LogP contribution in [0.5, 0.6) is 5.75 Å². The van der Waals surface area contributed by atoms with Crippen molar-refractivity contribution in [2.75, 3.05) is 18.6 Å². The van der Waals surface area contributed by atoms with Crippen molar-refractivity contribution >= 4 is 6.01 Å². The Bertz CT molecular complexity index is 599. The highest BCUT2D eigenvalue weighted by Crippen LogP contribution is 2.36. The summed E-state index contributed by atoms with van der Waals surface area (Å²) in [5.41, 5.74) is 1.07. The van der Waals surface area contributed by atoms with Gasteiger partial charge in [0.2, 0.25) is 5.89 Å². The molecule has 1 aromatic carbocycles. The zero-order chi connectivity index (χ0) is 14.1. The predicted molar refractivity (Wildman–Crippen MR) is 72.7 cm³/mol. The third-order valence-corrected chi connectivity index (χ3v) is 3.52. The Morgan fingerprint density at radius 1 is 1.40 bits per heavy atom. The Balaban J connectivity index is 1.93. The zero-order valence-electron chi connectivity index (χ0n) is 11.5. The summed E-state index contributed by atoms with van der Waals surface area (Å²) < 4.78 is 10.7. The second-order valence-corrected chi connectivity index (χ2v) is 4.94. The Hall–Kier alpha value is -2.08. The van der Waals surface area contributed by atoms with Gasteiger partial charge >= 0.3 is 6.01 Å². The maximum atomic E-state index is 9.96. The number of nitrogens with zero attached hydrogens (tertiary/aromatic N) is 3. The van der Waals surface area contributed by atoms with Gasteiger partial charge in [0.05, 0.1) is 19.3 Å². The highest BCUT2D eigenvalue weighted by atomic mass is 16.5. The van der Waals surface area contributed by atoms with Crippen LogP contribution >= 0.6 is 0 Å². The number of aliphatic hydroxyl groups excluding tert-OH is 1. The summed E-state index contributed by atoms with van der Waals surface area (Å²) in [6.45, 7) is 2.24. The van der Waals surface area contributed by atoms with Gasteiger partial charge in [-0.05, 0) is 24.1 Å². The summed E-state index contributed by atoms with van der Waals surface area (Å²) in [6, 6.07) is 8.29. The molecule has 1 aliphatic rings. The second kappa shape index (κ2) is 5.13. The number of benzene rings is 1. The summed E-state index contributed by atoms with van der Waals surface area (Å²) in [5, 5.41) is 17.9. The molecule has 0 amide bonds. The van der Waals surface area contributed by atoms with Crippen LogP contribution in [0, 0.1) is 6.92 Å². The van der Waals surface area contributed by atoms with E-state index in [1.54, 1.807) is 14.0 Å². The summed E-state index contributed by atoms with van der Waals surface area (Å²) in [7, 11) is 1.64. The molecule has 2 atom stereocenters. The molecule has 106 valence electrons. The zero-order valence-corrected chi connectivity index (χ0v) is 11.5. The van der Waals surface area contributed by atoms with Crippen molar-refractivity contribution in [3.8, 4) is 5.75 Å². The van der Waals surface area contributed by atoms with E-state index >= 15 is 0 Å². The van der Waals surface area contributed by atoms with Crippen molar-refractivity contribution in [3.05, 3.63) is 35.7 Å². The fourth-order valence-electron chi connectivity index (χ4n) is 2.59. The average Bonchev–Trinajstić information content (AvgIpc) is 3.05. The van der Waals surface area contributed by atoms with Gasteiger partial charge in [-0.2, -0.15) is 0 Å². The van der Waals surface area contributed by atoms with E-state index in [0.717, 1.165) is 11.3 Å². The van der Waals surface area contributed by atoms with Crippen molar-refractivity contribution in [1.82, 2.24) is 10.2 Å². The van der Waals surface area contributed by atoms with Crippen LogP contribution in [0.2, 0.25) is 0 Å². The van der Waals surface area contributed by atoms with E-state index in [-0.39, 0.29) is 6.04 Å². The van der Waals surface area contributed by atoms with E-state index in [9.17, 15) is 5.11 Å². The smallest absolute Gasteiger partial charge is 0.318 e. The molecule has 2 aromatic rings. The fourth-order valence-corrected chi connectivity index (χ4v) is 2.59. The molecule has 1 saturated heterocycles. The number of methoxy groups -OCH3 is 1. The van der Waals surface area contributed by atoms with Gasteiger partial charge in [-0.25, -0.2) is 0 Å². The minimum Gasteiger partial charge on any atom is -0.497 e. The average molecular weight is 275 g/mol. The molecular weight excluding hydrogens is 258 g/mol. The number of anilines is 1. The lowest BCUT2D eigenvalue weighted by atomic mass is 10.0. The van der Waals surface area contributed by atoms with Gasteiger partial charge < -0.3 is 19.2 Å². The van der Waals surface area contributed by atoms with Crippen LogP contribution in [0.15, 0.2) is 28.7 Å². The van der Waals surface area contributed by atoms with Crippen LogP contribution in [-0.4, -0.2) is 35.1 Å². The first-order valence-electron chi connectivity index (χ1n) is 6.56. The van der Waals surface area contributed by atoms with Crippen molar-refractivity contribution in [2.24, 2.45) is 0 Å². The van der Waals surface area contributed by atoms with E-state index in [1.165, 1.54) is 0 Å². The van der Waals surface area contributed by atoms with Crippen LogP contribution in [0.4, 0.5) is 6.01 Å².